The van der Waals surface area contributed by atoms with Crippen molar-refractivity contribution >= 4 is 0 Å². The summed E-state index contributed by atoms with van der Waals surface area (Å²) in [5.41, 5.74) is 2.74. The lowest BCUT2D eigenvalue weighted by molar-refractivity contribution is 0.0595. The number of nitrogens with one attached hydrogen (secondary N) is 1. The van der Waals surface area contributed by atoms with Crippen LogP contribution in [0.1, 0.15) is 56.2 Å². The average Bonchev–Trinajstić information content (AvgIpc) is 2.86. The molecule has 0 spiro atoms. The molecule has 0 bridgehead atoms. The van der Waals surface area contributed by atoms with Crippen molar-refractivity contribution in [2.75, 3.05) is 6.54 Å². The van der Waals surface area contributed by atoms with Gasteiger partial charge in [-0.3, -0.25) is 0 Å². The fourth-order valence-corrected chi connectivity index (χ4v) is 3.59. The zero-order valence-electron chi connectivity index (χ0n) is 12.3. The van der Waals surface area contributed by atoms with Crippen LogP contribution in [0.15, 0.2) is 18.2 Å². The molecule has 1 aromatic carbocycles. The van der Waals surface area contributed by atoms with Crippen LogP contribution in [0.5, 0.6) is 5.75 Å². The summed E-state index contributed by atoms with van der Waals surface area (Å²) in [7, 11) is 0. The fourth-order valence-electron chi connectivity index (χ4n) is 3.59. The van der Waals surface area contributed by atoms with Gasteiger partial charge in [0.1, 0.15) is 11.9 Å². The molecule has 0 radical (unpaired) electrons. The van der Waals surface area contributed by atoms with E-state index in [1.54, 1.807) is 0 Å². The van der Waals surface area contributed by atoms with E-state index >= 15 is 0 Å². The third-order valence-corrected chi connectivity index (χ3v) is 4.61. The zero-order valence-corrected chi connectivity index (χ0v) is 12.3. The zero-order chi connectivity index (χ0) is 13.9. The Labute approximate surface area is 121 Å². The first kappa shape index (κ1) is 13.9. The lowest BCUT2D eigenvalue weighted by Gasteiger charge is -2.29. The Balaban J connectivity index is 1.83. The average molecular weight is 275 g/mol. The van der Waals surface area contributed by atoms with Crippen LogP contribution in [0.4, 0.5) is 0 Å². The first-order valence-electron chi connectivity index (χ1n) is 7.99. The standard InChI is InChI=1S/C17H25NO2/c1-2-18-14-8-3-7-13-12(14)6-4-10-16(13)20-17-11-5-9-15(17)19/h4,6,10,14-15,17-19H,2-3,5,7-9,11H2,1H3. The van der Waals surface area contributed by atoms with Gasteiger partial charge >= 0.3 is 0 Å². The summed E-state index contributed by atoms with van der Waals surface area (Å²) in [6.45, 7) is 3.15. The topological polar surface area (TPSA) is 41.5 Å². The maximum absolute atomic E-state index is 9.95. The Hall–Kier alpha value is -1.06. The molecule has 3 nitrogen and oxygen atoms in total. The molecular weight excluding hydrogens is 250 g/mol. The predicted octanol–water partition coefficient (Wildman–Crippen LogP) is 2.97. The molecule has 3 unspecified atom stereocenters. The molecule has 3 atom stereocenters. The summed E-state index contributed by atoms with van der Waals surface area (Å²) in [6, 6.07) is 6.84. The van der Waals surface area contributed by atoms with Gasteiger partial charge in [-0.2, -0.15) is 0 Å². The van der Waals surface area contributed by atoms with E-state index in [-0.39, 0.29) is 12.2 Å². The molecule has 0 saturated heterocycles. The summed E-state index contributed by atoms with van der Waals surface area (Å²) in [6.07, 6.45) is 6.12. The molecule has 0 aromatic heterocycles. The fraction of sp³-hybridized carbons (Fsp3) is 0.647. The van der Waals surface area contributed by atoms with Gasteiger partial charge in [-0.1, -0.05) is 19.1 Å². The number of ether oxygens (including phenoxy) is 1. The van der Waals surface area contributed by atoms with Crippen LogP contribution in [-0.4, -0.2) is 23.9 Å². The van der Waals surface area contributed by atoms with Crippen molar-refractivity contribution in [3.05, 3.63) is 29.3 Å². The van der Waals surface area contributed by atoms with Crippen LogP contribution in [0, 0.1) is 0 Å². The Bertz CT molecular complexity index is 460. The Morgan fingerprint density at radius 2 is 2.15 bits per heavy atom. The summed E-state index contributed by atoms with van der Waals surface area (Å²) in [5.74, 6) is 0.996. The van der Waals surface area contributed by atoms with Crippen molar-refractivity contribution < 1.29 is 9.84 Å². The predicted molar refractivity (Wildman–Crippen MR) is 80.1 cm³/mol. The molecule has 0 amide bonds. The Morgan fingerprint density at radius 1 is 1.25 bits per heavy atom. The van der Waals surface area contributed by atoms with E-state index in [0.717, 1.165) is 38.0 Å². The van der Waals surface area contributed by atoms with Crippen molar-refractivity contribution in [3.8, 4) is 5.75 Å². The van der Waals surface area contributed by atoms with Gasteiger partial charge in [0.25, 0.3) is 0 Å². The van der Waals surface area contributed by atoms with Crippen LogP contribution >= 0.6 is 0 Å². The highest BCUT2D eigenvalue weighted by molar-refractivity contribution is 5.43. The van der Waals surface area contributed by atoms with E-state index < -0.39 is 0 Å². The van der Waals surface area contributed by atoms with Crippen LogP contribution in [0.25, 0.3) is 0 Å². The number of hydrogen-bond donors (Lipinski definition) is 2. The van der Waals surface area contributed by atoms with Crippen LogP contribution in [-0.2, 0) is 6.42 Å². The van der Waals surface area contributed by atoms with Crippen molar-refractivity contribution in [1.82, 2.24) is 5.32 Å². The largest absolute Gasteiger partial charge is 0.487 e. The van der Waals surface area contributed by atoms with Crippen LogP contribution in [0.3, 0.4) is 0 Å². The molecule has 1 fully saturated rings. The third-order valence-electron chi connectivity index (χ3n) is 4.61. The van der Waals surface area contributed by atoms with E-state index in [0.29, 0.717) is 6.04 Å². The number of benzene rings is 1. The van der Waals surface area contributed by atoms with Gasteiger partial charge in [0, 0.05) is 6.04 Å². The van der Waals surface area contributed by atoms with Crippen LogP contribution in [0.2, 0.25) is 0 Å². The lowest BCUT2D eigenvalue weighted by Crippen LogP contribution is -2.28. The molecule has 1 saturated carbocycles. The monoisotopic (exact) mass is 275 g/mol. The number of aliphatic hydroxyl groups excluding tert-OH is 1. The second-order valence-electron chi connectivity index (χ2n) is 5.98. The molecular formula is C17H25NO2. The summed E-state index contributed by atoms with van der Waals surface area (Å²) >= 11 is 0. The molecule has 0 aliphatic heterocycles. The van der Waals surface area contributed by atoms with E-state index in [2.05, 4.69) is 30.4 Å². The highest BCUT2D eigenvalue weighted by Crippen LogP contribution is 2.36. The van der Waals surface area contributed by atoms with Crippen molar-refractivity contribution in [3.63, 3.8) is 0 Å². The minimum Gasteiger partial charge on any atom is -0.487 e. The number of hydrogen-bond acceptors (Lipinski definition) is 3. The molecule has 3 heteroatoms. The second-order valence-corrected chi connectivity index (χ2v) is 5.98. The SMILES string of the molecule is CCNC1CCCc2c(OC3CCCC3O)cccc21. The highest BCUT2D eigenvalue weighted by atomic mass is 16.5. The number of aliphatic hydroxyl groups is 1. The summed E-state index contributed by atoms with van der Waals surface area (Å²) < 4.78 is 6.13. The highest BCUT2D eigenvalue weighted by Gasteiger charge is 2.29. The summed E-state index contributed by atoms with van der Waals surface area (Å²) in [5, 5.41) is 13.5. The van der Waals surface area contributed by atoms with Gasteiger partial charge in [-0.15, -0.1) is 0 Å². The van der Waals surface area contributed by atoms with Crippen molar-refractivity contribution in [2.45, 2.75) is 63.7 Å². The lowest BCUT2D eigenvalue weighted by atomic mass is 9.87. The molecule has 20 heavy (non-hydrogen) atoms. The molecule has 110 valence electrons. The molecule has 1 aromatic rings. The maximum Gasteiger partial charge on any atom is 0.124 e. The molecule has 2 aliphatic rings. The quantitative estimate of drug-likeness (QED) is 0.887. The van der Waals surface area contributed by atoms with Crippen molar-refractivity contribution in [1.29, 1.82) is 0 Å². The van der Waals surface area contributed by atoms with Crippen LogP contribution < -0.4 is 10.1 Å². The molecule has 0 heterocycles. The normalized spacial score (nSPS) is 29.2. The van der Waals surface area contributed by atoms with E-state index in [1.165, 1.54) is 24.0 Å². The minimum atomic E-state index is -0.293. The van der Waals surface area contributed by atoms with E-state index in [1.807, 2.05) is 0 Å². The number of fused-ring (bicyclic) bond motifs is 1. The maximum atomic E-state index is 9.95. The second kappa shape index (κ2) is 6.15. The summed E-state index contributed by atoms with van der Waals surface area (Å²) in [4.78, 5) is 0. The Morgan fingerprint density at radius 3 is 2.90 bits per heavy atom. The molecule has 2 N–H and O–H groups in total. The Kier molecular flexibility index (Phi) is 4.27. The molecule has 2 aliphatic carbocycles. The molecule has 3 rings (SSSR count). The van der Waals surface area contributed by atoms with Gasteiger partial charge in [-0.05, 0) is 62.3 Å². The first-order valence-corrected chi connectivity index (χ1v) is 7.99. The number of rotatable bonds is 4. The van der Waals surface area contributed by atoms with Gasteiger partial charge in [0.05, 0.1) is 6.10 Å². The smallest absolute Gasteiger partial charge is 0.124 e. The van der Waals surface area contributed by atoms with Gasteiger partial charge < -0.3 is 15.2 Å². The van der Waals surface area contributed by atoms with Gasteiger partial charge in [-0.25, -0.2) is 0 Å². The third kappa shape index (κ3) is 2.70. The minimum absolute atomic E-state index is 0.0130. The van der Waals surface area contributed by atoms with E-state index in [9.17, 15) is 5.11 Å². The van der Waals surface area contributed by atoms with Gasteiger partial charge in [0.15, 0.2) is 0 Å². The first-order chi connectivity index (χ1) is 9.79. The van der Waals surface area contributed by atoms with Crippen molar-refractivity contribution in [2.24, 2.45) is 0 Å². The van der Waals surface area contributed by atoms with Gasteiger partial charge in [0.2, 0.25) is 0 Å². The van der Waals surface area contributed by atoms with E-state index in [4.69, 9.17) is 4.74 Å².